The number of piperazine rings is 1. The molecule has 1 saturated heterocycles. The van der Waals surface area contributed by atoms with Crippen LogP contribution in [0.4, 0.5) is 0 Å². The maximum atomic E-state index is 12.2. The molecule has 1 aliphatic rings. The van der Waals surface area contributed by atoms with Gasteiger partial charge in [0.25, 0.3) is 0 Å². The maximum Gasteiger partial charge on any atom is 0.234 e. The van der Waals surface area contributed by atoms with Crippen LogP contribution < -0.4 is 10.1 Å². The topological polar surface area (TPSA) is 65.0 Å². The summed E-state index contributed by atoms with van der Waals surface area (Å²) in [6.45, 7) is 5.02. The highest BCUT2D eigenvalue weighted by Crippen LogP contribution is 2.15. The molecular weight excluding hydrogens is 390 g/mol. The van der Waals surface area contributed by atoms with Gasteiger partial charge in [-0.2, -0.15) is 0 Å². The van der Waals surface area contributed by atoms with Crippen LogP contribution in [0.5, 0.6) is 5.75 Å². The van der Waals surface area contributed by atoms with Crippen LogP contribution in [0.1, 0.15) is 5.56 Å². The molecule has 1 unspecified atom stereocenters. The van der Waals surface area contributed by atoms with Crippen molar-refractivity contribution in [3.05, 3.63) is 65.2 Å². The van der Waals surface area contributed by atoms with E-state index in [9.17, 15) is 9.90 Å². The lowest BCUT2D eigenvalue weighted by molar-refractivity contribution is -0.122. The van der Waals surface area contributed by atoms with Gasteiger partial charge in [0.2, 0.25) is 5.91 Å². The van der Waals surface area contributed by atoms with Crippen molar-refractivity contribution in [2.45, 2.75) is 12.6 Å². The normalized spacial score (nSPS) is 16.3. The van der Waals surface area contributed by atoms with Crippen molar-refractivity contribution < 1.29 is 14.6 Å². The lowest BCUT2D eigenvalue weighted by atomic mass is 10.2. The predicted octanol–water partition coefficient (Wildman–Crippen LogP) is 2.01. The van der Waals surface area contributed by atoms with Crippen LogP contribution >= 0.6 is 11.6 Å². The van der Waals surface area contributed by atoms with Crippen LogP contribution in [0.2, 0.25) is 5.02 Å². The number of nitrogens with zero attached hydrogens (tertiary/aromatic N) is 2. The summed E-state index contributed by atoms with van der Waals surface area (Å²) in [6, 6.07) is 17.0. The third-order valence-corrected chi connectivity index (χ3v) is 5.14. The molecule has 156 valence electrons. The van der Waals surface area contributed by atoms with Crippen molar-refractivity contribution in [3.63, 3.8) is 0 Å². The van der Waals surface area contributed by atoms with Gasteiger partial charge in [-0.05, 0) is 29.8 Å². The summed E-state index contributed by atoms with van der Waals surface area (Å²) >= 11 is 5.85. The third kappa shape index (κ3) is 7.66. The molecule has 2 N–H and O–H groups in total. The summed E-state index contributed by atoms with van der Waals surface area (Å²) in [5.74, 6) is 0.735. The summed E-state index contributed by atoms with van der Waals surface area (Å²) < 4.78 is 5.60. The molecule has 1 heterocycles. The number of ether oxygens (including phenoxy) is 1. The Morgan fingerprint density at radius 1 is 1.03 bits per heavy atom. The Kier molecular flexibility index (Phi) is 8.31. The van der Waals surface area contributed by atoms with Gasteiger partial charge >= 0.3 is 0 Å². The number of β-amino-alcohol motifs (C(OH)–C–C–N with tert-alkyl or cyclic N) is 1. The van der Waals surface area contributed by atoms with Gasteiger partial charge in [0.15, 0.2) is 0 Å². The zero-order valence-electron chi connectivity index (χ0n) is 16.5. The van der Waals surface area contributed by atoms with Gasteiger partial charge in [-0.1, -0.05) is 41.9 Å². The molecule has 1 atom stereocenters. The minimum Gasteiger partial charge on any atom is -0.491 e. The summed E-state index contributed by atoms with van der Waals surface area (Å²) in [6.07, 6.45) is -0.564. The van der Waals surface area contributed by atoms with Crippen molar-refractivity contribution in [1.29, 1.82) is 0 Å². The number of aliphatic hydroxyl groups excluding tert-OH is 1. The van der Waals surface area contributed by atoms with Gasteiger partial charge < -0.3 is 15.2 Å². The Balaban J connectivity index is 1.30. The van der Waals surface area contributed by atoms with Crippen LogP contribution in [0.15, 0.2) is 54.6 Å². The number of carbonyl (C=O) groups is 1. The highest BCUT2D eigenvalue weighted by atomic mass is 35.5. The Morgan fingerprint density at radius 3 is 2.38 bits per heavy atom. The standard InChI is InChI=1S/C22H28ClN3O3/c23-19-6-8-21(9-7-19)29-17-20(27)15-25-10-12-26(13-11-25)16-22(28)24-14-18-4-2-1-3-5-18/h1-9,20,27H,10-17H2,(H,24,28). The molecule has 2 aromatic carbocycles. The van der Waals surface area contributed by atoms with E-state index in [0.717, 1.165) is 31.7 Å². The highest BCUT2D eigenvalue weighted by Gasteiger charge is 2.21. The van der Waals surface area contributed by atoms with Gasteiger partial charge in [0.1, 0.15) is 18.5 Å². The van der Waals surface area contributed by atoms with E-state index < -0.39 is 6.10 Å². The minimum atomic E-state index is -0.564. The number of benzene rings is 2. The summed E-state index contributed by atoms with van der Waals surface area (Å²) in [4.78, 5) is 16.5. The summed E-state index contributed by atoms with van der Waals surface area (Å²) in [7, 11) is 0. The van der Waals surface area contributed by atoms with Crippen molar-refractivity contribution in [1.82, 2.24) is 15.1 Å². The number of hydrogen-bond donors (Lipinski definition) is 2. The van der Waals surface area contributed by atoms with Crippen molar-refractivity contribution in [2.75, 3.05) is 45.9 Å². The van der Waals surface area contributed by atoms with Crippen LogP contribution in [0, 0.1) is 0 Å². The Labute approximate surface area is 177 Å². The number of rotatable bonds is 9. The molecule has 2 aromatic rings. The van der Waals surface area contributed by atoms with Crippen molar-refractivity contribution in [3.8, 4) is 5.75 Å². The average molecular weight is 418 g/mol. The van der Waals surface area contributed by atoms with E-state index in [4.69, 9.17) is 16.3 Å². The number of halogens is 1. The average Bonchev–Trinajstić information content (AvgIpc) is 2.74. The molecule has 0 aliphatic carbocycles. The lowest BCUT2D eigenvalue weighted by Gasteiger charge is -2.35. The number of aliphatic hydroxyl groups is 1. The minimum absolute atomic E-state index is 0.0405. The number of nitrogens with one attached hydrogen (secondary N) is 1. The molecule has 0 saturated carbocycles. The fraction of sp³-hybridized carbons (Fsp3) is 0.409. The Bertz CT molecular complexity index is 750. The SMILES string of the molecule is O=C(CN1CCN(CC(O)COc2ccc(Cl)cc2)CC1)NCc1ccccc1. The highest BCUT2D eigenvalue weighted by molar-refractivity contribution is 6.30. The van der Waals surface area contributed by atoms with Crippen LogP contribution in [0.25, 0.3) is 0 Å². The predicted molar refractivity (Wildman–Crippen MR) is 114 cm³/mol. The van der Waals surface area contributed by atoms with E-state index in [1.807, 2.05) is 30.3 Å². The first-order valence-electron chi connectivity index (χ1n) is 9.90. The summed E-state index contributed by atoms with van der Waals surface area (Å²) in [5, 5.41) is 13.9. The molecule has 0 bridgehead atoms. The first-order chi connectivity index (χ1) is 14.1. The van der Waals surface area contributed by atoms with E-state index in [2.05, 4.69) is 15.1 Å². The lowest BCUT2D eigenvalue weighted by Crippen LogP contribution is -2.51. The fourth-order valence-electron chi connectivity index (χ4n) is 3.26. The summed E-state index contributed by atoms with van der Waals surface area (Å²) in [5.41, 5.74) is 1.10. The van der Waals surface area contributed by atoms with Crippen LogP contribution in [0.3, 0.4) is 0 Å². The zero-order chi connectivity index (χ0) is 20.5. The smallest absolute Gasteiger partial charge is 0.234 e. The molecule has 29 heavy (non-hydrogen) atoms. The van der Waals surface area contributed by atoms with Gasteiger partial charge in [-0.3, -0.25) is 14.6 Å². The number of hydrogen-bond acceptors (Lipinski definition) is 5. The van der Waals surface area contributed by atoms with Gasteiger partial charge in [0.05, 0.1) is 6.54 Å². The quantitative estimate of drug-likeness (QED) is 0.653. The van der Waals surface area contributed by atoms with Crippen molar-refractivity contribution >= 4 is 17.5 Å². The Morgan fingerprint density at radius 2 is 1.69 bits per heavy atom. The van der Waals surface area contributed by atoms with Gasteiger partial charge in [-0.15, -0.1) is 0 Å². The molecule has 0 spiro atoms. The molecule has 1 aliphatic heterocycles. The molecule has 1 amide bonds. The van der Waals surface area contributed by atoms with E-state index in [-0.39, 0.29) is 12.5 Å². The Hall–Kier alpha value is -2.12. The van der Waals surface area contributed by atoms with E-state index in [0.29, 0.717) is 30.4 Å². The molecule has 6 nitrogen and oxygen atoms in total. The van der Waals surface area contributed by atoms with E-state index in [1.165, 1.54) is 0 Å². The maximum absolute atomic E-state index is 12.2. The van der Waals surface area contributed by atoms with Crippen LogP contribution in [-0.4, -0.2) is 72.8 Å². The zero-order valence-corrected chi connectivity index (χ0v) is 17.2. The number of amides is 1. The molecular formula is C22H28ClN3O3. The largest absolute Gasteiger partial charge is 0.491 e. The van der Waals surface area contributed by atoms with Crippen LogP contribution in [-0.2, 0) is 11.3 Å². The monoisotopic (exact) mass is 417 g/mol. The van der Waals surface area contributed by atoms with Gasteiger partial charge in [0, 0.05) is 44.3 Å². The fourth-order valence-corrected chi connectivity index (χ4v) is 3.39. The first-order valence-corrected chi connectivity index (χ1v) is 10.3. The molecule has 0 aromatic heterocycles. The second-order valence-electron chi connectivity index (χ2n) is 7.26. The molecule has 7 heteroatoms. The third-order valence-electron chi connectivity index (χ3n) is 4.89. The van der Waals surface area contributed by atoms with E-state index in [1.54, 1.807) is 24.3 Å². The van der Waals surface area contributed by atoms with E-state index >= 15 is 0 Å². The second-order valence-corrected chi connectivity index (χ2v) is 7.69. The van der Waals surface area contributed by atoms with Crippen molar-refractivity contribution in [2.24, 2.45) is 0 Å². The van der Waals surface area contributed by atoms with Gasteiger partial charge in [-0.25, -0.2) is 0 Å². The molecule has 1 fully saturated rings. The molecule has 3 rings (SSSR count). The number of carbonyl (C=O) groups excluding carboxylic acids is 1. The molecule has 0 radical (unpaired) electrons. The second kappa shape index (κ2) is 11.2. The first kappa shape index (κ1) is 21.6.